The predicted octanol–water partition coefficient (Wildman–Crippen LogP) is 6.99. The SMILES string of the molecule is O=C(O)CC1CCc2c1[nH]c1ccc(-c3noc(-c4cc(OCc5ccccc5)cc(C(F)(F)F)c4)n3)cc21. The van der Waals surface area contributed by atoms with Crippen LogP contribution in [-0.2, 0) is 24.0 Å². The molecule has 1 unspecified atom stereocenters. The summed E-state index contributed by atoms with van der Waals surface area (Å²) in [4.78, 5) is 19.0. The van der Waals surface area contributed by atoms with E-state index in [0.29, 0.717) is 5.56 Å². The highest BCUT2D eigenvalue weighted by atomic mass is 19.4. The lowest BCUT2D eigenvalue weighted by atomic mass is 10.0. The van der Waals surface area contributed by atoms with Crippen molar-refractivity contribution in [3.8, 4) is 28.6 Å². The third-order valence-electron chi connectivity index (χ3n) is 6.92. The van der Waals surface area contributed by atoms with Gasteiger partial charge < -0.3 is 19.4 Å². The average Bonchev–Trinajstić information content (AvgIpc) is 3.64. The number of nitrogens with one attached hydrogen (secondary N) is 1. The number of alkyl halides is 3. The first-order chi connectivity index (χ1) is 18.7. The van der Waals surface area contributed by atoms with Gasteiger partial charge in [-0.15, -0.1) is 0 Å². The number of hydrogen-bond donors (Lipinski definition) is 2. The zero-order valence-electron chi connectivity index (χ0n) is 20.5. The molecule has 1 atom stereocenters. The van der Waals surface area contributed by atoms with E-state index in [9.17, 15) is 23.1 Å². The van der Waals surface area contributed by atoms with Crippen LogP contribution in [0.25, 0.3) is 33.7 Å². The summed E-state index contributed by atoms with van der Waals surface area (Å²) in [6.07, 6.45) is -3.02. The summed E-state index contributed by atoms with van der Waals surface area (Å²) < 4.78 is 52.0. The highest BCUT2D eigenvalue weighted by Gasteiger charge is 2.32. The molecule has 6 rings (SSSR count). The largest absolute Gasteiger partial charge is 0.489 e. The van der Waals surface area contributed by atoms with Crippen molar-refractivity contribution in [1.29, 1.82) is 0 Å². The Hall–Kier alpha value is -4.60. The Labute approximate surface area is 220 Å². The van der Waals surface area contributed by atoms with Gasteiger partial charge in [0.05, 0.1) is 12.0 Å². The third kappa shape index (κ3) is 4.97. The zero-order chi connectivity index (χ0) is 27.1. The van der Waals surface area contributed by atoms with Gasteiger partial charge in [-0.3, -0.25) is 4.79 Å². The van der Waals surface area contributed by atoms with Crippen molar-refractivity contribution >= 4 is 16.9 Å². The van der Waals surface area contributed by atoms with Gasteiger partial charge in [-0.25, -0.2) is 0 Å². The Morgan fingerprint density at radius 1 is 1.08 bits per heavy atom. The predicted molar refractivity (Wildman–Crippen MR) is 136 cm³/mol. The summed E-state index contributed by atoms with van der Waals surface area (Å²) in [5.74, 6) is -0.713. The molecule has 3 aromatic carbocycles. The van der Waals surface area contributed by atoms with E-state index >= 15 is 0 Å². The number of aromatic amines is 1. The Balaban J connectivity index is 1.31. The van der Waals surface area contributed by atoms with Gasteiger partial charge in [0.2, 0.25) is 5.82 Å². The number of H-pyrrole nitrogens is 1. The van der Waals surface area contributed by atoms with Gasteiger partial charge in [0.25, 0.3) is 5.89 Å². The highest BCUT2D eigenvalue weighted by Crippen LogP contribution is 2.41. The first-order valence-electron chi connectivity index (χ1n) is 12.3. The van der Waals surface area contributed by atoms with Crippen LogP contribution in [0.2, 0.25) is 0 Å². The molecule has 0 fully saturated rings. The average molecular weight is 534 g/mol. The maximum absolute atomic E-state index is 13.7. The Morgan fingerprint density at radius 2 is 1.90 bits per heavy atom. The second-order valence-corrected chi connectivity index (χ2v) is 9.55. The summed E-state index contributed by atoms with van der Waals surface area (Å²) in [6.45, 7) is 0.102. The molecular formula is C29H22F3N3O4. The maximum Gasteiger partial charge on any atom is 0.416 e. The molecule has 0 saturated carbocycles. The van der Waals surface area contributed by atoms with Crippen LogP contribution in [-0.4, -0.2) is 26.2 Å². The van der Waals surface area contributed by atoms with Crippen LogP contribution in [0.5, 0.6) is 5.75 Å². The normalized spacial score (nSPS) is 15.0. The Kier molecular flexibility index (Phi) is 6.09. The highest BCUT2D eigenvalue weighted by molar-refractivity contribution is 5.89. The van der Waals surface area contributed by atoms with Gasteiger partial charge in [0.1, 0.15) is 12.4 Å². The van der Waals surface area contributed by atoms with Crippen molar-refractivity contribution in [3.63, 3.8) is 0 Å². The van der Waals surface area contributed by atoms with E-state index in [4.69, 9.17) is 9.26 Å². The van der Waals surface area contributed by atoms with Gasteiger partial charge in [-0.2, -0.15) is 18.2 Å². The molecule has 10 heteroatoms. The van der Waals surface area contributed by atoms with Gasteiger partial charge in [0.15, 0.2) is 0 Å². The van der Waals surface area contributed by atoms with E-state index in [-0.39, 0.29) is 42.0 Å². The van der Waals surface area contributed by atoms with E-state index in [2.05, 4.69) is 15.1 Å². The smallest absolute Gasteiger partial charge is 0.416 e. The molecule has 39 heavy (non-hydrogen) atoms. The molecule has 1 aliphatic carbocycles. The van der Waals surface area contributed by atoms with Crippen molar-refractivity contribution in [3.05, 3.63) is 89.1 Å². The summed E-state index contributed by atoms with van der Waals surface area (Å²) in [5, 5.41) is 14.2. The fourth-order valence-corrected chi connectivity index (χ4v) is 5.07. The second kappa shape index (κ2) is 9.61. The summed E-state index contributed by atoms with van der Waals surface area (Å²) in [7, 11) is 0. The monoisotopic (exact) mass is 533 g/mol. The van der Waals surface area contributed by atoms with Crippen LogP contribution in [0, 0.1) is 0 Å². The second-order valence-electron chi connectivity index (χ2n) is 9.55. The first kappa shape index (κ1) is 24.7. The van der Waals surface area contributed by atoms with Gasteiger partial charge in [-0.05, 0) is 60.4 Å². The number of aliphatic carboxylic acids is 1. The van der Waals surface area contributed by atoms with E-state index in [1.165, 1.54) is 6.07 Å². The minimum atomic E-state index is -4.60. The molecule has 7 nitrogen and oxygen atoms in total. The molecule has 5 aromatic rings. The van der Waals surface area contributed by atoms with Gasteiger partial charge in [0, 0.05) is 33.6 Å². The zero-order valence-corrected chi connectivity index (χ0v) is 20.5. The van der Waals surface area contributed by atoms with Crippen LogP contribution >= 0.6 is 0 Å². The lowest BCUT2D eigenvalue weighted by Gasteiger charge is -2.12. The molecule has 1 aliphatic rings. The number of fused-ring (bicyclic) bond motifs is 3. The molecule has 0 spiro atoms. The molecule has 0 bridgehead atoms. The standard InChI is InChI=1S/C29H22F3N3O4/c30-29(31,32)20-10-19(11-21(14-20)38-15-16-4-2-1-3-5-16)28-34-27(35-39-28)18-7-9-24-23(12-18)22-8-6-17(13-25(36)37)26(22)33-24/h1-5,7,9-12,14,17,33H,6,8,13,15H2,(H,36,37). The third-order valence-corrected chi connectivity index (χ3v) is 6.92. The quantitative estimate of drug-likeness (QED) is 0.234. The Bertz CT molecular complexity index is 1670. The van der Waals surface area contributed by atoms with Crippen LogP contribution in [0.1, 0.15) is 41.1 Å². The molecular weight excluding hydrogens is 511 g/mol. The van der Waals surface area contributed by atoms with Gasteiger partial charge in [-0.1, -0.05) is 35.5 Å². The first-order valence-corrected chi connectivity index (χ1v) is 12.3. The number of carboxylic acids is 1. The molecule has 0 saturated heterocycles. The van der Waals surface area contributed by atoms with Crippen molar-refractivity contribution in [2.75, 3.05) is 0 Å². The van der Waals surface area contributed by atoms with Crippen molar-refractivity contribution in [2.45, 2.75) is 38.0 Å². The number of nitrogens with zero attached hydrogens (tertiary/aromatic N) is 2. The number of hydrogen-bond acceptors (Lipinski definition) is 5. The van der Waals surface area contributed by atoms with Crippen molar-refractivity contribution in [2.24, 2.45) is 0 Å². The number of benzene rings is 3. The van der Waals surface area contributed by atoms with Crippen LogP contribution in [0.4, 0.5) is 13.2 Å². The minimum absolute atomic E-state index is 0.0312. The fourth-order valence-electron chi connectivity index (χ4n) is 5.07. The minimum Gasteiger partial charge on any atom is -0.489 e. The summed E-state index contributed by atoms with van der Waals surface area (Å²) in [5.41, 5.74) is 3.53. The van der Waals surface area contributed by atoms with Crippen molar-refractivity contribution < 1.29 is 32.3 Å². The van der Waals surface area contributed by atoms with Crippen LogP contribution in [0.15, 0.2) is 71.3 Å². The van der Waals surface area contributed by atoms with E-state index in [1.54, 1.807) is 6.07 Å². The molecule has 2 aromatic heterocycles. The maximum atomic E-state index is 13.7. The number of carbonyl (C=O) groups is 1. The lowest BCUT2D eigenvalue weighted by Crippen LogP contribution is -2.06. The number of rotatable bonds is 7. The number of carboxylic acid groups (broad SMARTS) is 1. The lowest BCUT2D eigenvalue weighted by molar-refractivity contribution is -0.138. The molecule has 0 aliphatic heterocycles. The van der Waals surface area contributed by atoms with E-state index in [1.807, 2.05) is 42.5 Å². The molecule has 198 valence electrons. The van der Waals surface area contributed by atoms with E-state index in [0.717, 1.165) is 52.7 Å². The fraction of sp³-hybridized carbons (Fsp3) is 0.207. The number of halogens is 3. The summed E-state index contributed by atoms with van der Waals surface area (Å²) >= 11 is 0. The molecule has 2 heterocycles. The summed E-state index contributed by atoms with van der Waals surface area (Å²) in [6, 6.07) is 18.0. The molecule has 0 amide bonds. The van der Waals surface area contributed by atoms with Crippen molar-refractivity contribution in [1.82, 2.24) is 15.1 Å². The molecule has 2 N–H and O–H groups in total. The number of aromatic nitrogens is 3. The molecule has 0 radical (unpaired) electrons. The van der Waals surface area contributed by atoms with Crippen LogP contribution in [0.3, 0.4) is 0 Å². The number of aryl methyl sites for hydroxylation is 1. The van der Waals surface area contributed by atoms with Crippen LogP contribution < -0.4 is 4.74 Å². The topological polar surface area (TPSA) is 101 Å². The van der Waals surface area contributed by atoms with Gasteiger partial charge >= 0.3 is 12.1 Å². The number of ether oxygens (including phenoxy) is 1. The van der Waals surface area contributed by atoms with E-state index < -0.39 is 17.7 Å². The Morgan fingerprint density at radius 3 is 2.67 bits per heavy atom.